The first kappa shape index (κ1) is 51.8. The van der Waals surface area contributed by atoms with Gasteiger partial charge < -0.3 is 41.9 Å². The molecule has 0 spiro atoms. The number of ether oxygens (including phenoxy) is 2. The number of aryl methyl sites for hydroxylation is 2. The summed E-state index contributed by atoms with van der Waals surface area (Å²) in [6, 6.07) is 17.2. The predicted molar refractivity (Wildman–Crippen MR) is 220 cm³/mol. The van der Waals surface area contributed by atoms with Crippen molar-refractivity contribution in [3.8, 4) is 40.3 Å². The number of nitrogens with two attached hydrogens (primary N) is 3. The zero-order chi connectivity index (χ0) is 41.8. The first-order valence-electron chi connectivity index (χ1n) is 16.9. The summed E-state index contributed by atoms with van der Waals surface area (Å²) in [5, 5.41) is 26.2. The summed E-state index contributed by atoms with van der Waals surface area (Å²) < 4.78 is 11.6. The average Bonchev–Trinajstić information content (AvgIpc) is 3.46. The molecule has 0 aliphatic rings. The Morgan fingerprint density at radius 3 is 1.79 bits per heavy atom. The zero-order valence-corrected chi connectivity index (χ0v) is 37.5. The summed E-state index contributed by atoms with van der Waals surface area (Å²) >= 11 is 11.2. The molecular formula is C38H48ClN8NaO6S2. The number of nitrogens with one attached hydrogen (secondary N) is 1. The van der Waals surface area contributed by atoms with Gasteiger partial charge in [0.05, 0.1) is 29.0 Å². The molecule has 0 unspecified atom stereocenters. The Balaban J connectivity index is 0.000000852. The van der Waals surface area contributed by atoms with E-state index in [1.165, 1.54) is 11.3 Å². The van der Waals surface area contributed by atoms with Crippen molar-refractivity contribution >= 4 is 62.9 Å². The van der Waals surface area contributed by atoms with Crippen molar-refractivity contribution in [2.75, 3.05) is 24.8 Å². The molecule has 0 aliphatic carbocycles. The molecule has 0 aliphatic heterocycles. The summed E-state index contributed by atoms with van der Waals surface area (Å²) in [6.45, 7) is 15.1. The van der Waals surface area contributed by atoms with E-state index in [2.05, 4.69) is 31.7 Å². The normalized spacial score (nSPS) is 9.79. The number of rotatable bonds is 8. The molecule has 0 bridgehead atoms. The molecule has 0 radical (unpaired) electrons. The number of aliphatic hydroxyl groups excluding tert-OH is 1. The molecular weight excluding hydrogens is 787 g/mol. The van der Waals surface area contributed by atoms with Crippen molar-refractivity contribution in [3.63, 3.8) is 0 Å². The molecule has 5 rings (SSSR count). The van der Waals surface area contributed by atoms with Crippen molar-refractivity contribution in [1.29, 1.82) is 5.26 Å². The number of aliphatic hydroxyl groups is 1. The van der Waals surface area contributed by atoms with E-state index in [4.69, 9.17) is 60.2 Å². The quantitative estimate of drug-likeness (QED) is 0.0860. The van der Waals surface area contributed by atoms with E-state index in [1.807, 2.05) is 90.1 Å². The van der Waals surface area contributed by atoms with Gasteiger partial charge in [-0.15, -0.1) is 29.5 Å². The molecule has 0 fully saturated rings. The van der Waals surface area contributed by atoms with E-state index in [1.54, 1.807) is 13.8 Å². The van der Waals surface area contributed by atoms with Crippen LogP contribution in [-0.4, -0.2) is 68.2 Å². The molecule has 0 atom stereocenters. The molecule has 8 N–H and O–H groups in total. The second kappa shape index (κ2) is 26.6. The summed E-state index contributed by atoms with van der Waals surface area (Å²) in [4.78, 5) is 38.3. The first-order valence-corrected chi connectivity index (χ1v) is 18.7. The third-order valence-corrected chi connectivity index (χ3v) is 8.00. The van der Waals surface area contributed by atoms with Crippen LogP contribution in [0.2, 0.25) is 0 Å². The number of halogens is 1. The van der Waals surface area contributed by atoms with Crippen LogP contribution in [0.3, 0.4) is 0 Å². The van der Waals surface area contributed by atoms with Crippen molar-refractivity contribution in [2.24, 2.45) is 11.5 Å². The number of fused-ring (bicyclic) bond motifs is 1. The molecule has 0 saturated carbocycles. The maximum absolute atomic E-state index is 11.5. The summed E-state index contributed by atoms with van der Waals surface area (Å²) in [7, 11) is 0. The molecule has 2 amide bonds. The summed E-state index contributed by atoms with van der Waals surface area (Å²) in [5.74, 6) is 1.73. The standard InChI is InChI=1S/C17H18N4O2S.C15H15N3OS.C2H4ClNO.C2H6O.C2H5O.Na/c1-8(2)23-11-6-4-10(5-7-11)16-20-9(3)12-13(18)14(15(19)22)24-17(12)21-16;1-9(2)19-12-6-4-11(5-7-12)14-17-10(3)13(8-16)15(20)18-14;3-1-2(4)5;2*1-2-3;/h4-8H,18H2,1-3H3,(H2,19,22);4-7,9H,1-3H3,(H,17,18,20);1H2,(H2,4,5);3H,2H2,1H3;2H2,1H3;/q;;;;-1;+1. The van der Waals surface area contributed by atoms with Gasteiger partial charge in [-0.3, -0.25) is 9.59 Å². The van der Waals surface area contributed by atoms with Gasteiger partial charge in [0.2, 0.25) is 5.91 Å². The molecule has 296 valence electrons. The number of aromatic nitrogens is 4. The maximum Gasteiger partial charge on any atom is 1.00 e. The van der Waals surface area contributed by atoms with Gasteiger partial charge in [0.1, 0.15) is 49.2 Å². The number of amides is 2. The van der Waals surface area contributed by atoms with Crippen LogP contribution in [0.4, 0.5) is 5.69 Å². The number of nitrogens with zero attached hydrogens (tertiary/aromatic N) is 4. The van der Waals surface area contributed by atoms with Crippen molar-refractivity contribution < 1.29 is 58.8 Å². The summed E-state index contributed by atoms with van der Waals surface area (Å²) in [5.41, 5.74) is 19.9. The van der Waals surface area contributed by atoms with Gasteiger partial charge in [0, 0.05) is 23.4 Å². The molecule has 56 heavy (non-hydrogen) atoms. The van der Waals surface area contributed by atoms with Crippen LogP contribution in [0.5, 0.6) is 11.5 Å². The van der Waals surface area contributed by atoms with E-state index >= 15 is 0 Å². The Morgan fingerprint density at radius 2 is 1.41 bits per heavy atom. The number of benzene rings is 2. The second-order valence-corrected chi connectivity index (χ2v) is 13.3. The minimum atomic E-state index is -0.549. The molecule has 14 nitrogen and oxygen atoms in total. The number of primary amides is 2. The van der Waals surface area contributed by atoms with Gasteiger partial charge in [-0.05, 0) is 97.0 Å². The number of hydrogen-bond acceptors (Lipinski definition) is 13. The monoisotopic (exact) mass is 834 g/mol. The van der Waals surface area contributed by atoms with Gasteiger partial charge in [-0.1, -0.05) is 19.1 Å². The fourth-order valence-corrected chi connectivity index (χ4v) is 5.57. The molecule has 18 heteroatoms. The fourth-order valence-electron chi connectivity index (χ4n) is 4.28. The molecule has 3 heterocycles. The SMILES string of the molecule is CCO.CC[O-].Cc1[nH]c(-c2ccc(OC(C)C)cc2)nc(=S)c1C#N.Cc1nc(-c2ccc(OC(C)C)cc2)nc2sc(C(N)=O)c(N)c12.NC(=O)CCl.[Na+]. The van der Waals surface area contributed by atoms with Crippen LogP contribution >= 0.6 is 35.2 Å². The Bertz CT molecular complexity index is 2090. The van der Waals surface area contributed by atoms with Crippen LogP contribution in [0.25, 0.3) is 33.0 Å². The number of nitriles is 1. The molecule has 0 saturated heterocycles. The average molecular weight is 835 g/mol. The molecule has 3 aromatic heterocycles. The maximum atomic E-state index is 11.5. The fraction of sp³-hybridized carbons (Fsp3) is 0.342. The number of thiophene rings is 1. The van der Waals surface area contributed by atoms with Crippen LogP contribution in [0.1, 0.15) is 68.2 Å². The second-order valence-electron chi connectivity index (χ2n) is 11.6. The minimum absolute atomic E-state index is 0. The third kappa shape index (κ3) is 16.9. The molecule has 2 aromatic carbocycles. The van der Waals surface area contributed by atoms with Gasteiger partial charge in [-0.25, -0.2) is 15.0 Å². The Labute approximate surface area is 363 Å². The number of alkyl halides is 1. The zero-order valence-electron chi connectivity index (χ0n) is 33.1. The number of carbonyl (C=O) groups is 2. The third-order valence-electron chi connectivity index (χ3n) is 6.33. The van der Waals surface area contributed by atoms with E-state index in [0.717, 1.165) is 34.0 Å². The number of hydrogen-bond donors (Lipinski definition) is 5. The summed E-state index contributed by atoms with van der Waals surface area (Å²) in [6.07, 6.45) is 0.258. The predicted octanol–water partition coefficient (Wildman–Crippen LogP) is 2.99. The van der Waals surface area contributed by atoms with E-state index in [-0.39, 0.29) is 60.9 Å². The van der Waals surface area contributed by atoms with Crippen LogP contribution in [-0.2, 0) is 4.79 Å². The topological polar surface area (TPSA) is 252 Å². The van der Waals surface area contributed by atoms with E-state index < -0.39 is 11.8 Å². The van der Waals surface area contributed by atoms with Crippen LogP contribution in [0, 0.1) is 29.8 Å². The van der Waals surface area contributed by atoms with Crippen molar-refractivity contribution in [3.05, 3.63) is 75.0 Å². The number of carbonyl (C=O) groups excluding carboxylic acids is 2. The Kier molecular flexibility index (Phi) is 24.6. The smallest absolute Gasteiger partial charge is 0.855 e. The van der Waals surface area contributed by atoms with Crippen LogP contribution in [0.15, 0.2) is 48.5 Å². The number of anilines is 1. The minimum Gasteiger partial charge on any atom is -0.855 e. The van der Waals surface area contributed by atoms with Crippen molar-refractivity contribution in [1.82, 2.24) is 19.9 Å². The number of aromatic amines is 1. The van der Waals surface area contributed by atoms with Gasteiger partial charge in [0.15, 0.2) is 5.82 Å². The van der Waals surface area contributed by atoms with E-state index in [0.29, 0.717) is 42.6 Å². The Hall–Kier alpha value is -4.18. The number of H-pyrrole nitrogens is 1. The van der Waals surface area contributed by atoms with Crippen molar-refractivity contribution in [2.45, 2.75) is 67.6 Å². The van der Waals surface area contributed by atoms with Gasteiger partial charge >= 0.3 is 29.6 Å². The largest absolute Gasteiger partial charge is 1.00 e. The van der Waals surface area contributed by atoms with E-state index in [9.17, 15) is 9.59 Å². The Morgan fingerprint density at radius 1 is 0.964 bits per heavy atom. The first-order chi connectivity index (χ1) is 26.0. The van der Waals surface area contributed by atoms with Crippen LogP contribution < -0.4 is 61.3 Å². The number of nitrogen functional groups attached to an aromatic ring is 1. The van der Waals surface area contributed by atoms with Gasteiger partial charge in [-0.2, -0.15) is 5.26 Å². The van der Waals surface area contributed by atoms with Gasteiger partial charge in [0.25, 0.3) is 5.91 Å². The molecule has 5 aromatic rings.